The first-order chi connectivity index (χ1) is 9.24. The first-order valence-electron chi connectivity index (χ1n) is 7.34. The summed E-state index contributed by atoms with van der Waals surface area (Å²) < 4.78 is 0. The summed E-state index contributed by atoms with van der Waals surface area (Å²) in [5, 5.41) is 3.20. The molecule has 1 aromatic rings. The van der Waals surface area contributed by atoms with Gasteiger partial charge in [-0.15, -0.1) is 0 Å². The highest BCUT2D eigenvalue weighted by Crippen LogP contribution is 2.44. The highest BCUT2D eigenvalue weighted by molar-refractivity contribution is 5.82. The third kappa shape index (κ3) is 3.35. The summed E-state index contributed by atoms with van der Waals surface area (Å²) in [6.07, 6.45) is 5.71. The average Bonchev–Trinajstić information content (AvgIpc) is 3.30. The maximum atomic E-state index is 12.2. The van der Waals surface area contributed by atoms with Gasteiger partial charge < -0.3 is 11.1 Å². The smallest absolute Gasteiger partial charge is 0.237 e. The molecule has 0 spiro atoms. The number of benzene rings is 1. The van der Waals surface area contributed by atoms with Crippen LogP contribution in [0.2, 0.25) is 0 Å². The van der Waals surface area contributed by atoms with Crippen molar-refractivity contribution >= 4 is 5.91 Å². The lowest BCUT2D eigenvalue weighted by Gasteiger charge is -2.20. The first kappa shape index (κ1) is 12.7. The summed E-state index contributed by atoms with van der Waals surface area (Å²) >= 11 is 0. The molecule has 0 radical (unpaired) electrons. The monoisotopic (exact) mass is 258 g/mol. The van der Waals surface area contributed by atoms with Crippen LogP contribution in [0.1, 0.15) is 31.2 Å². The van der Waals surface area contributed by atoms with Crippen LogP contribution in [-0.4, -0.2) is 18.0 Å². The Morgan fingerprint density at radius 1 is 1.16 bits per heavy atom. The summed E-state index contributed by atoms with van der Waals surface area (Å²) in [6.45, 7) is 0. The van der Waals surface area contributed by atoms with Gasteiger partial charge in [0.2, 0.25) is 5.91 Å². The highest BCUT2D eigenvalue weighted by atomic mass is 16.2. The van der Waals surface area contributed by atoms with Crippen LogP contribution in [0.4, 0.5) is 0 Å². The van der Waals surface area contributed by atoms with E-state index in [9.17, 15) is 4.79 Å². The van der Waals surface area contributed by atoms with E-state index in [1.807, 2.05) is 30.3 Å². The lowest BCUT2D eigenvalue weighted by Crippen LogP contribution is -2.48. The minimum atomic E-state index is -0.428. The molecule has 0 bridgehead atoms. The number of amides is 1. The molecule has 2 fully saturated rings. The van der Waals surface area contributed by atoms with Gasteiger partial charge in [0.1, 0.15) is 0 Å². The van der Waals surface area contributed by atoms with Crippen LogP contribution in [0.15, 0.2) is 30.3 Å². The van der Waals surface area contributed by atoms with E-state index in [0.29, 0.717) is 12.5 Å². The Labute approximate surface area is 114 Å². The Bertz CT molecular complexity index is 425. The molecule has 0 aliphatic heterocycles. The maximum absolute atomic E-state index is 12.2. The summed E-state index contributed by atoms with van der Waals surface area (Å²) in [7, 11) is 0. The van der Waals surface area contributed by atoms with Crippen molar-refractivity contribution in [2.24, 2.45) is 17.6 Å². The quantitative estimate of drug-likeness (QED) is 0.818. The van der Waals surface area contributed by atoms with Crippen molar-refractivity contribution < 1.29 is 4.79 Å². The summed E-state index contributed by atoms with van der Waals surface area (Å²) in [5.41, 5.74) is 7.15. The Morgan fingerprint density at radius 3 is 2.26 bits per heavy atom. The first-order valence-corrected chi connectivity index (χ1v) is 7.34. The van der Waals surface area contributed by atoms with Crippen molar-refractivity contribution in [3.8, 4) is 0 Å². The zero-order valence-corrected chi connectivity index (χ0v) is 11.2. The van der Waals surface area contributed by atoms with E-state index in [1.165, 1.54) is 25.7 Å². The summed E-state index contributed by atoms with van der Waals surface area (Å²) in [5.74, 6) is 1.47. The predicted molar refractivity (Wildman–Crippen MR) is 75.5 cm³/mol. The fourth-order valence-corrected chi connectivity index (χ4v) is 2.76. The van der Waals surface area contributed by atoms with E-state index >= 15 is 0 Å². The third-order valence-corrected chi connectivity index (χ3v) is 4.20. The number of hydrogen-bond acceptors (Lipinski definition) is 2. The lowest BCUT2D eigenvalue weighted by molar-refractivity contribution is -0.123. The van der Waals surface area contributed by atoms with Gasteiger partial charge in [-0.2, -0.15) is 0 Å². The van der Waals surface area contributed by atoms with Crippen LogP contribution in [0.25, 0.3) is 0 Å². The van der Waals surface area contributed by atoms with Crippen molar-refractivity contribution in [3.63, 3.8) is 0 Å². The Morgan fingerprint density at radius 2 is 1.74 bits per heavy atom. The van der Waals surface area contributed by atoms with Gasteiger partial charge in [0, 0.05) is 6.04 Å². The molecule has 102 valence electrons. The lowest BCUT2D eigenvalue weighted by atomic mass is 10.0. The number of rotatable bonds is 6. The molecule has 3 heteroatoms. The van der Waals surface area contributed by atoms with E-state index in [0.717, 1.165) is 17.4 Å². The largest absolute Gasteiger partial charge is 0.351 e. The van der Waals surface area contributed by atoms with Crippen molar-refractivity contribution in [2.75, 3.05) is 0 Å². The molecule has 0 saturated heterocycles. The fraction of sp³-hybridized carbons (Fsp3) is 0.562. The van der Waals surface area contributed by atoms with Crippen LogP contribution in [0, 0.1) is 11.8 Å². The van der Waals surface area contributed by atoms with Gasteiger partial charge in [0.25, 0.3) is 0 Å². The molecular formula is C16H22N2O. The average molecular weight is 258 g/mol. The molecule has 2 saturated carbocycles. The number of nitrogens with two attached hydrogens (primary N) is 1. The Kier molecular flexibility index (Phi) is 3.56. The standard InChI is InChI=1S/C16H22N2O/c17-14(10-11-4-2-1-3-5-11)16(19)18-15(12-6-7-12)13-8-9-13/h1-5,12-15H,6-10,17H2,(H,18,19)/t14-/m0/s1. The molecule has 1 aromatic carbocycles. The van der Waals surface area contributed by atoms with Crippen LogP contribution in [0.5, 0.6) is 0 Å². The zero-order valence-electron chi connectivity index (χ0n) is 11.2. The second-order valence-electron chi connectivity index (χ2n) is 6.01. The molecule has 2 aliphatic rings. The van der Waals surface area contributed by atoms with Gasteiger partial charge in [0.15, 0.2) is 0 Å². The van der Waals surface area contributed by atoms with Crippen LogP contribution < -0.4 is 11.1 Å². The fourth-order valence-electron chi connectivity index (χ4n) is 2.76. The molecular weight excluding hydrogens is 236 g/mol. The molecule has 3 rings (SSSR count). The summed E-state index contributed by atoms with van der Waals surface area (Å²) in [4.78, 5) is 12.2. The highest BCUT2D eigenvalue weighted by Gasteiger charge is 2.42. The third-order valence-electron chi connectivity index (χ3n) is 4.20. The Hall–Kier alpha value is -1.35. The van der Waals surface area contributed by atoms with E-state index in [2.05, 4.69) is 5.32 Å². The SMILES string of the molecule is N[C@@H](Cc1ccccc1)C(=O)NC(C1CC1)C1CC1. The normalized spacial score (nSPS) is 20.3. The molecule has 1 amide bonds. The molecule has 0 aromatic heterocycles. The topological polar surface area (TPSA) is 55.1 Å². The van der Waals surface area contributed by atoms with Gasteiger partial charge in [0.05, 0.1) is 6.04 Å². The van der Waals surface area contributed by atoms with Crippen molar-refractivity contribution in [2.45, 2.75) is 44.2 Å². The molecule has 1 atom stereocenters. The van der Waals surface area contributed by atoms with E-state index in [1.54, 1.807) is 0 Å². The minimum Gasteiger partial charge on any atom is -0.351 e. The van der Waals surface area contributed by atoms with Gasteiger partial charge in [-0.1, -0.05) is 30.3 Å². The van der Waals surface area contributed by atoms with Crippen LogP contribution in [-0.2, 0) is 11.2 Å². The number of hydrogen-bond donors (Lipinski definition) is 2. The van der Waals surface area contributed by atoms with Crippen molar-refractivity contribution in [3.05, 3.63) is 35.9 Å². The van der Waals surface area contributed by atoms with E-state index in [-0.39, 0.29) is 5.91 Å². The number of nitrogens with one attached hydrogen (secondary N) is 1. The Balaban J connectivity index is 1.54. The van der Waals surface area contributed by atoms with Gasteiger partial charge in [-0.05, 0) is 49.5 Å². The molecule has 19 heavy (non-hydrogen) atoms. The molecule has 3 nitrogen and oxygen atoms in total. The van der Waals surface area contributed by atoms with E-state index < -0.39 is 6.04 Å². The minimum absolute atomic E-state index is 0.0210. The van der Waals surface area contributed by atoms with Gasteiger partial charge >= 0.3 is 0 Å². The predicted octanol–water partition coefficient (Wildman–Crippen LogP) is 1.86. The molecule has 0 heterocycles. The van der Waals surface area contributed by atoms with Crippen LogP contribution >= 0.6 is 0 Å². The number of carbonyl (C=O) groups excluding carboxylic acids is 1. The van der Waals surface area contributed by atoms with Gasteiger partial charge in [-0.3, -0.25) is 4.79 Å². The van der Waals surface area contributed by atoms with Crippen LogP contribution in [0.3, 0.4) is 0 Å². The van der Waals surface area contributed by atoms with E-state index in [4.69, 9.17) is 5.73 Å². The molecule has 2 aliphatic carbocycles. The zero-order chi connectivity index (χ0) is 13.2. The molecule has 3 N–H and O–H groups in total. The molecule has 0 unspecified atom stereocenters. The number of carbonyl (C=O) groups is 1. The van der Waals surface area contributed by atoms with Crippen molar-refractivity contribution in [1.29, 1.82) is 0 Å². The second kappa shape index (κ2) is 5.33. The van der Waals surface area contributed by atoms with Gasteiger partial charge in [-0.25, -0.2) is 0 Å². The van der Waals surface area contributed by atoms with Crippen molar-refractivity contribution in [1.82, 2.24) is 5.32 Å². The second-order valence-corrected chi connectivity index (χ2v) is 6.01. The summed E-state index contributed by atoms with van der Waals surface area (Å²) in [6, 6.07) is 9.95. The maximum Gasteiger partial charge on any atom is 0.237 e.